The van der Waals surface area contributed by atoms with E-state index < -0.39 is 5.91 Å². The Bertz CT molecular complexity index is 852. The van der Waals surface area contributed by atoms with Crippen LogP contribution in [0.2, 0.25) is 0 Å². The molecule has 3 rings (SSSR count). The second-order valence-corrected chi connectivity index (χ2v) is 5.17. The Morgan fingerprint density at radius 2 is 1.83 bits per heavy atom. The maximum Gasteiger partial charge on any atom is 0.248 e. The highest BCUT2D eigenvalue weighted by atomic mass is 16.2. The van der Waals surface area contributed by atoms with Gasteiger partial charge in [0.15, 0.2) is 0 Å². The van der Waals surface area contributed by atoms with Crippen LogP contribution in [0.25, 0.3) is 10.9 Å². The molecule has 0 radical (unpaired) electrons. The maximum absolute atomic E-state index is 12.0. The van der Waals surface area contributed by atoms with Gasteiger partial charge in [-0.2, -0.15) is 5.10 Å². The minimum atomic E-state index is -0.492. The van der Waals surface area contributed by atoms with Crippen molar-refractivity contribution in [2.45, 2.75) is 13.0 Å². The average Bonchev–Trinajstić information content (AvgIpc) is 2.97. The summed E-state index contributed by atoms with van der Waals surface area (Å²) in [5.74, 6) is -0.607. The van der Waals surface area contributed by atoms with Gasteiger partial charge in [0.1, 0.15) is 0 Å². The molecule has 0 unspecified atom stereocenters. The fourth-order valence-corrected chi connectivity index (χ4v) is 2.35. The molecule has 0 bridgehead atoms. The zero-order valence-corrected chi connectivity index (χ0v) is 12.4. The van der Waals surface area contributed by atoms with Gasteiger partial charge in [-0.1, -0.05) is 18.2 Å². The van der Waals surface area contributed by atoms with Crippen LogP contribution in [-0.4, -0.2) is 21.6 Å². The van der Waals surface area contributed by atoms with E-state index in [1.807, 2.05) is 28.9 Å². The van der Waals surface area contributed by atoms with Crippen molar-refractivity contribution in [2.75, 3.05) is 5.32 Å². The van der Waals surface area contributed by atoms with E-state index in [1.54, 1.807) is 30.5 Å². The van der Waals surface area contributed by atoms with Crippen LogP contribution in [0.4, 0.5) is 5.69 Å². The molecule has 1 aromatic heterocycles. The second-order valence-electron chi connectivity index (χ2n) is 5.17. The quantitative estimate of drug-likeness (QED) is 0.757. The van der Waals surface area contributed by atoms with Gasteiger partial charge in [-0.25, -0.2) is 0 Å². The van der Waals surface area contributed by atoms with Crippen molar-refractivity contribution in [1.29, 1.82) is 0 Å². The van der Waals surface area contributed by atoms with Gasteiger partial charge in [-0.05, 0) is 30.3 Å². The number of fused-ring (bicyclic) bond motifs is 1. The first-order chi connectivity index (χ1) is 11.1. The summed E-state index contributed by atoms with van der Waals surface area (Å²) in [7, 11) is 0. The number of aromatic nitrogens is 2. The molecule has 0 fully saturated rings. The zero-order valence-electron chi connectivity index (χ0n) is 12.4. The number of anilines is 1. The second kappa shape index (κ2) is 6.31. The predicted molar refractivity (Wildman–Crippen MR) is 87.9 cm³/mol. The highest BCUT2D eigenvalue weighted by molar-refractivity contribution is 5.94. The Morgan fingerprint density at radius 1 is 1.09 bits per heavy atom. The third-order valence-corrected chi connectivity index (χ3v) is 3.55. The van der Waals surface area contributed by atoms with Crippen LogP contribution in [0.1, 0.15) is 16.8 Å². The van der Waals surface area contributed by atoms with Gasteiger partial charge in [-0.15, -0.1) is 0 Å². The number of rotatable bonds is 5. The third-order valence-electron chi connectivity index (χ3n) is 3.55. The van der Waals surface area contributed by atoms with E-state index in [4.69, 9.17) is 5.73 Å². The molecule has 0 aliphatic carbocycles. The van der Waals surface area contributed by atoms with Gasteiger partial charge in [-0.3, -0.25) is 14.3 Å². The van der Waals surface area contributed by atoms with Crippen molar-refractivity contribution >= 4 is 28.4 Å². The lowest BCUT2D eigenvalue weighted by Gasteiger charge is -2.06. The third kappa shape index (κ3) is 3.37. The molecule has 23 heavy (non-hydrogen) atoms. The van der Waals surface area contributed by atoms with Crippen LogP contribution in [0.5, 0.6) is 0 Å². The molecule has 0 aliphatic rings. The van der Waals surface area contributed by atoms with Crippen LogP contribution >= 0.6 is 0 Å². The molecule has 0 saturated carbocycles. The number of benzene rings is 2. The number of carbonyl (C=O) groups excluding carboxylic acids is 2. The van der Waals surface area contributed by atoms with E-state index in [0.29, 0.717) is 24.2 Å². The Morgan fingerprint density at radius 3 is 2.57 bits per heavy atom. The van der Waals surface area contributed by atoms with Gasteiger partial charge in [0.2, 0.25) is 11.8 Å². The molecule has 0 atom stereocenters. The predicted octanol–water partition coefficient (Wildman–Crippen LogP) is 2.16. The molecule has 2 amide bonds. The molecule has 6 nitrogen and oxygen atoms in total. The average molecular weight is 308 g/mol. The number of aryl methyl sites for hydroxylation is 1. The first kappa shape index (κ1) is 14.8. The van der Waals surface area contributed by atoms with Crippen molar-refractivity contribution in [2.24, 2.45) is 5.73 Å². The number of primary amides is 1. The first-order valence-corrected chi connectivity index (χ1v) is 7.24. The lowest BCUT2D eigenvalue weighted by Crippen LogP contribution is -2.15. The van der Waals surface area contributed by atoms with Crippen LogP contribution in [0.15, 0.2) is 54.7 Å². The standard InChI is InChI=1S/C17H16N4O2/c18-17(23)12-5-7-14(8-6-12)20-16(22)9-10-21-15-4-2-1-3-13(15)11-19-21/h1-8,11H,9-10H2,(H2,18,23)(H,20,22). The summed E-state index contributed by atoms with van der Waals surface area (Å²) >= 11 is 0. The van der Waals surface area contributed by atoms with Crippen LogP contribution in [0, 0.1) is 0 Å². The van der Waals surface area contributed by atoms with Crippen LogP contribution in [0.3, 0.4) is 0 Å². The first-order valence-electron chi connectivity index (χ1n) is 7.24. The topological polar surface area (TPSA) is 90.0 Å². The molecule has 1 heterocycles. The summed E-state index contributed by atoms with van der Waals surface area (Å²) in [4.78, 5) is 23.0. The Labute approximate surface area is 132 Å². The smallest absolute Gasteiger partial charge is 0.248 e. The Kier molecular flexibility index (Phi) is 4.05. The maximum atomic E-state index is 12.0. The lowest BCUT2D eigenvalue weighted by molar-refractivity contribution is -0.116. The molecule has 0 spiro atoms. The number of amides is 2. The number of nitrogens with zero attached hydrogens (tertiary/aromatic N) is 2. The van der Waals surface area contributed by atoms with E-state index in [-0.39, 0.29) is 5.91 Å². The van der Waals surface area contributed by atoms with E-state index in [2.05, 4.69) is 10.4 Å². The van der Waals surface area contributed by atoms with Gasteiger partial charge in [0, 0.05) is 23.1 Å². The molecule has 116 valence electrons. The van der Waals surface area contributed by atoms with Crippen molar-refractivity contribution in [1.82, 2.24) is 9.78 Å². The Hall–Kier alpha value is -3.15. The van der Waals surface area contributed by atoms with Crippen molar-refractivity contribution in [3.05, 3.63) is 60.3 Å². The van der Waals surface area contributed by atoms with Crippen molar-refractivity contribution in [3.8, 4) is 0 Å². The number of hydrogen-bond acceptors (Lipinski definition) is 3. The summed E-state index contributed by atoms with van der Waals surface area (Å²) in [6.07, 6.45) is 2.10. The minimum absolute atomic E-state index is 0.114. The highest BCUT2D eigenvalue weighted by Crippen LogP contribution is 2.13. The summed E-state index contributed by atoms with van der Waals surface area (Å²) in [5, 5.41) is 8.13. The summed E-state index contributed by atoms with van der Waals surface area (Å²) in [6, 6.07) is 14.3. The molecule has 0 saturated heterocycles. The van der Waals surface area contributed by atoms with E-state index >= 15 is 0 Å². The van der Waals surface area contributed by atoms with Gasteiger partial charge < -0.3 is 11.1 Å². The summed E-state index contributed by atoms with van der Waals surface area (Å²) in [5.41, 5.74) is 7.22. The number of nitrogens with two attached hydrogens (primary N) is 1. The van der Waals surface area contributed by atoms with Gasteiger partial charge >= 0.3 is 0 Å². The van der Waals surface area contributed by atoms with Crippen LogP contribution < -0.4 is 11.1 Å². The van der Waals surface area contributed by atoms with Crippen molar-refractivity contribution < 1.29 is 9.59 Å². The SMILES string of the molecule is NC(=O)c1ccc(NC(=O)CCn2ncc3ccccc32)cc1. The fourth-order valence-electron chi connectivity index (χ4n) is 2.35. The number of para-hydroxylation sites is 1. The van der Waals surface area contributed by atoms with E-state index in [1.165, 1.54) is 0 Å². The summed E-state index contributed by atoms with van der Waals surface area (Å²) in [6.45, 7) is 0.499. The summed E-state index contributed by atoms with van der Waals surface area (Å²) < 4.78 is 1.81. The highest BCUT2D eigenvalue weighted by Gasteiger charge is 2.07. The number of carbonyl (C=O) groups is 2. The number of hydrogen-bond donors (Lipinski definition) is 2. The normalized spacial score (nSPS) is 10.6. The fraction of sp³-hybridized carbons (Fsp3) is 0.118. The molecule has 3 aromatic rings. The monoisotopic (exact) mass is 308 g/mol. The van der Waals surface area contributed by atoms with E-state index in [9.17, 15) is 9.59 Å². The Balaban J connectivity index is 1.60. The molecule has 6 heteroatoms. The molecular formula is C17H16N4O2. The molecule has 3 N–H and O–H groups in total. The molecular weight excluding hydrogens is 292 g/mol. The van der Waals surface area contributed by atoms with Gasteiger partial charge in [0.05, 0.1) is 18.3 Å². The largest absolute Gasteiger partial charge is 0.366 e. The zero-order chi connectivity index (χ0) is 16.2. The molecule has 2 aromatic carbocycles. The van der Waals surface area contributed by atoms with Gasteiger partial charge in [0.25, 0.3) is 0 Å². The minimum Gasteiger partial charge on any atom is -0.366 e. The van der Waals surface area contributed by atoms with E-state index in [0.717, 1.165) is 10.9 Å². The molecule has 0 aliphatic heterocycles. The van der Waals surface area contributed by atoms with Crippen molar-refractivity contribution in [3.63, 3.8) is 0 Å². The van der Waals surface area contributed by atoms with Crippen LogP contribution in [-0.2, 0) is 11.3 Å². The number of nitrogens with one attached hydrogen (secondary N) is 1. The lowest BCUT2D eigenvalue weighted by atomic mass is 10.2.